The maximum absolute atomic E-state index is 12.8. The first-order valence-electron chi connectivity index (χ1n) is 10.7. The number of hydrogen-bond donors (Lipinski definition) is 3. The Balaban J connectivity index is 1.50. The maximum atomic E-state index is 12.8. The minimum Gasteiger partial charge on any atom is -0.398 e. The monoisotopic (exact) mass is 455 g/mol. The van der Waals surface area contributed by atoms with Crippen LogP contribution in [0.4, 0.5) is 13.2 Å². The Hall–Kier alpha value is -3.46. The number of benzene rings is 1. The Morgan fingerprint density at radius 2 is 1.94 bits per heavy atom. The fraction of sp³-hybridized carbons (Fsp3) is 0.292. The topological polar surface area (TPSA) is 91.0 Å². The summed E-state index contributed by atoms with van der Waals surface area (Å²) in [6.45, 7) is 0. The van der Waals surface area contributed by atoms with Gasteiger partial charge in [0.05, 0.1) is 11.2 Å². The molecule has 1 saturated heterocycles. The van der Waals surface area contributed by atoms with Crippen molar-refractivity contribution in [2.24, 2.45) is 18.5 Å². The van der Waals surface area contributed by atoms with Crippen LogP contribution in [0.1, 0.15) is 35.7 Å². The molecule has 4 heterocycles. The highest BCUT2D eigenvalue weighted by Crippen LogP contribution is 2.41. The molecule has 2 atom stereocenters. The second-order valence-corrected chi connectivity index (χ2v) is 8.68. The van der Waals surface area contributed by atoms with E-state index < -0.39 is 11.9 Å². The first-order valence-corrected chi connectivity index (χ1v) is 10.7. The molecule has 0 spiro atoms. The lowest BCUT2D eigenvalue weighted by Crippen LogP contribution is -2.32. The summed E-state index contributed by atoms with van der Waals surface area (Å²) in [5.74, 6) is 0. The summed E-state index contributed by atoms with van der Waals surface area (Å²) in [5.41, 5.74) is 14.1. The van der Waals surface area contributed by atoms with E-state index in [-0.39, 0.29) is 11.3 Å². The number of hydrogen-bond acceptors (Lipinski definition) is 4. The molecule has 2 aliphatic heterocycles. The van der Waals surface area contributed by atoms with Gasteiger partial charge < -0.3 is 21.4 Å². The van der Waals surface area contributed by atoms with Crippen LogP contribution in [-0.4, -0.2) is 21.4 Å². The van der Waals surface area contributed by atoms with E-state index in [0.29, 0.717) is 29.4 Å². The molecular formula is C24H24F3N5O. The van der Waals surface area contributed by atoms with Gasteiger partial charge in [-0.3, -0.25) is 9.36 Å². The van der Waals surface area contributed by atoms with Crippen LogP contribution in [0.3, 0.4) is 0 Å². The van der Waals surface area contributed by atoms with Gasteiger partial charge in [0.2, 0.25) is 0 Å². The lowest BCUT2D eigenvalue weighted by atomic mass is 9.99. The fourth-order valence-corrected chi connectivity index (χ4v) is 4.98. The number of halogens is 3. The zero-order valence-corrected chi connectivity index (χ0v) is 18.0. The number of nitrogens with two attached hydrogens (primary N) is 2. The summed E-state index contributed by atoms with van der Waals surface area (Å²) in [5, 5.41) is 4.88. The normalized spacial score (nSPS) is 21.0. The van der Waals surface area contributed by atoms with Gasteiger partial charge in [-0.2, -0.15) is 13.2 Å². The summed E-state index contributed by atoms with van der Waals surface area (Å²) in [6.07, 6.45) is 2.00. The highest BCUT2D eigenvalue weighted by molar-refractivity contribution is 5.88. The van der Waals surface area contributed by atoms with Crippen molar-refractivity contribution < 1.29 is 13.2 Å². The molecule has 1 fully saturated rings. The molecule has 2 aliphatic rings. The van der Waals surface area contributed by atoms with Crippen molar-refractivity contribution in [3.63, 3.8) is 0 Å². The Labute approximate surface area is 188 Å². The number of nitrogens with one attached hydrogen (secondary N) is 1. The molecule has 5 rings (SSSR count). The zero-order chi connectivity index (χ0) is 23.5. The molecule has 0 radical (unpaired) electrons. The average Bonchev–Trinajstić information content (AvgIpc) is 3.29. The molecule has 1 aromatic carbocycles. The van der Waals surface area contributed by atoms with E-state index in [2.05, 4.69) is 23.0 Å². The van der Waals surface area contributed by atoms with Gasteiger partial charge >= 0.3 is 6.18 Å². The van der Waals surface area contributed by atoms with Crippen LogP contribution in [0.5, 0.6) is 0 Å². The minimum absolute atomic E-state index is 0.0135. The number of fused-ring (bicyclic) bond motifs is 6. The van der Waals surface area contributed by atoms with Gasteiger partial charge in [-0.25, -0.2) is 0 Å². The molecule has 172 valence electrons. The molecule has 2 unspecified atom stereocenters. The van der Waals surface area contributed by atoms with Gasteiger partial charge in [-0.1, -0.05) is 6.07 Å². The Morgan fingerprint density at radius 3 is 2.67 bits per heavy atom. The summed E-state index contributed by atoms with van der Waals surface area (Å²) in [7, 11) is 2.06. The average molecular weight is 455 g/mol. The van der Waals surface area contributed by atoms with Crippen LogP contribution in [-0.2, 0) is 13.5 Å². The van der Waals surface area contributed by atoms with Gasteiger partial charge in [0.1, 0.15) is 5.70 Å². The third kappa shape index (κ3) is 3.62. The van der Waals surface area contributed by atoms with E-state index in [4.69, 9.17) is 11.5 Å². The number of allylic oxidation sites excluding steroid dienone is 3. The van der Waals surface area contributed by atoms with Gasteiger partial charge in [-0.15, -0.1) is 0 Å². The molecule has 0 saturated carbocycles. The van der Waals surface area contributed by atoms with Crippen LogP contribution in [0, 0.1) is 0 Å². The highest BCUT2D eigenvalue weighted by atomic mass is 19.4. The van der Waals surface area contributed by atoms with Crippen molar-refractivity contribution in [2.45, 2.75) is 37.5 Å². The van der Waals surface area contributed by atoms with Crippen LogP contribution in [0.15, 0.2) is 59.2 Å². The van der Waals surface area contributed by atoms with Gasteiger partial charge in [0.15, 0.2) is 0 Å². The van der Waals surface area contributed by atoms with Crippen molar-refractivity contribution in [3.8, 4) is 5.69 Å². The second kappa shape index (κ2) is 7.55. The molecule has 0 amide bonds. The number of aromatic nitrogens is 2. The van der Waals surface area contributed by atoms with Crippen molar-refractivity contribution in [1.29, 1.82) is 0 Å². The SMILES string of the molecule is Cn1c2c(c3ccc(-n4ccc(/C(N)=C/C=C(\N)C(F)(F)F)cc4=O)cc31)C1CCC(C2)N1. The van der Waals surface area contributed by atoms with Crippen molar-refractivity contribution in [3.05, 3.63) is 81.6 Å². The van der Waals surface area contributed by atoms with Crippen LogP contribution in [0.25, 0.3) is 22.3 Å². The molecule has 9 heteroatoms. The third-order valence-electron chi connectivity index (χ3n) is 6.68. The zero-order valence-electron chi connectivity index (χ0n) is 18.0. The van der Waals surface area contributed by atoms with E-state index >= 15 is 0 Å². The standard InChI is InChI=1S/C24H24F3N5O/c1-31-19-12-15(3-4-16(19)23-18-6-2-14(30-18)11-20(23)31)32-9-8-13(10-22(32)33)17(28)5-7-21(29)24(25,26)27/h3-5,7-10,12,14,18,30H,2,6,11,28-29H2,1H3/b17-5-,21-7-. The molecule has 0 aliphatic carbocycles. The quantitative estimate of drug-likeness (QED) is 0.528. The Morgan fingerprint density at radius 1 is 1.15 bits per heavy atom. The van der Waals surface area contributed by atoms with Gasteiger partial charge in [-0.05, 0) is 48.8 Å². The van der Waals surface area contributed by atoms with E-state index in [0.717, 1.165) is 24.4 Å². The molecule has 2 bridgehead atoms. The molecule has 6 nitrogen and oxygen atoms in total. The van der Waals surface area contributed by atoms with Gasteiger partial charge in [0, 0.05) is 60.2 Å². The molecule has 3 aromatic rings. The van der Waals surface area contributed by atoms with Crippen LogP contribution >= 0.6 is 0 Å². The Bertz CT molecular complexity index is 1380. The predicted molar refractivity (Wildman–Crippen MR) is 122 cm³/mol. The van der Waals surface area contributed by atoms with E-state index in [1.54, 1.807) is 12.3 Å². The summed E-state index contributed by atoms with van der Waals surface area (Å²) >= 11 is 0. The highest BCUT2D eigenvalue weighted by Gasteiger charge is 2.35. The minimum atomic E-state index is -4.63. The number of aryl methyl sites for hydroxylation is 1. The summed E-state index contributed by atoms with van der Waals surface area (Å²) in [6, 6.07) is 9.76. The second-order valence-electron chi connectivity index (χ2n) is 8.68. The predicted octanol–water partition coefficient (Wildman–Crippen LogP) is 3.38. The number of alkyl halides is 3. The fourth-order valence-electron chi connectivity index (χ4n) is 4.98. The van der Waals surface area contributed by atoms with Crippen molar-refractivity contribution in [1.82, 2.24) is 14.5 Å². The third-order valence-corrected chi connectivity index (χ3v) is 6.68. The van der Waals surface area contributed by atoms with E-state index in [1.807, 2.05) is 12.1 Å². The first kappa shape index (κ1) is 21.4. The maximum Gasteiger partial charge on any atom is 0.430 e. The molecule has 2 aromatic heterocycles. The van der Waals surface area contributed by atoms with Crippen LogP contribution < -0.4 is 22.3 Å². The molecular weight excluding hydrogens is 431 g/mol. The molecule has 33 heavy (non-hydrogen) atoms. The van der Waals surface area contributed by atoms with Crippen molar-refractivity contribution >= 4 is 16.6 Å². The Kier molecular flexibility index (Phi) is 4.89. The first-order chi connectivity index (χ1) is 15.6. The number of pyridine rings is 1. The van der Waals surface area contributed by atoms with Gasteiger partial charge in [0.25, 0.3) is 5.56 Å². The summed E-state index contributed by atoms with van der Waals surface area (Å²) in [4.78, 5) is 12.8. The number of nitrogens with zero attached hydrogens (tertiary/aromatic N) is 2. The number of rotatable bonds is 3. The van der Waals surface area contributed by atoms with E-state index in [9.17, 15) is 18.0 Å². The molecule has 5 N–H and O–H groups in total. The lowest BCUT2D eigenvalue weighted by molar-refractivity contribution is -0.0926. The summed E-state index contributed by atoms with van der Waals surface area (Å²) < 4.78 is 41.3. The largest absolute Gasteiger partial charge is 0.430 e. The van der Waals surface area contributed by atoms with E-state index in [1.165, 1.54) is 33.7 Å². The smallest absolute Gasteiger partial charge is 0.398 e. The lowest BCUT2D eigenvalue weighted by Gasteiger charge is -2.23. The van der Waals surface area contributed by atoms with Crippen LogP contribution in [0.2, 0.25) is 0 Å². The van der Waals surface area contributed by atoms with Crippen molar-refractivity contribution in [2.75, 3.05) is 0 Å².